The molecule has 0 bridgehead atoms. The predicted octanol–water partition coefficient (Wildman–Crippen LogP) is -0.177. The first kappa shape index (κ1) is 9.19. The highest BCUT2D eigenvalue weighted by Crippen LogP contribution is 2.07. The van der Waals surface area contributed by atoms with Gasteiger partial charge in [0, 0.05) is 26.4 Å². The lowest BCUT2D eigenvalue weighted by molar-refractivity contribution is -0.137. The van der Waals surface area contributed by atoms with E-state index >= 15 is 0 Å². The van der Waals surface area contributed by atoms with Crippen molar-refractivity contribution in [2.75, 3.05) is 19.7 Å². The van der Waals surface area contributed by atoms with E-state index in [0.29, 0.717) is 26.1 Å². The summed E-state index contributed by atoms with van der Waals surface area (Å²) in [6, 6.07) is 0. The Morgan fingerprint density at radius 1 is 1.75 bits per heavy atom. The number of rotatable bonds is 2. The van der Waals surface area contributed by atoms with E-state index < -0.39 is 0 Å². The Labute approximate surface area is 71.5 Å². The molecule has 12 heavy (non-hydrogen) atoms. The minimum atomic E-state index is -0.0971. The Morgan fingerprint density at radius 3 is 3.08 bits per heavy atom. The molecule has 0 aromatic heterocycles. The normalized spacial score (nSPS) is 23.8. The Bertz CT molecular complexity index is 181. The molecule has 1 unspecified atom stereocenters. The molecule has 1 amide bonds. The molecule has 1 fully saturated rings. The van der Waals surface area contributed by atoms with Gasteiger partial charge in [-0.05, 0) is 0 Å². The number of morpholine rings is 1. The summed E-state index contributed by atoms with van der Waals surface area (Å²) in [6.45, 7) is 3.26. The Kier molecular flexibility index (Phi) is 3.22. The molecule has 0 aliphatic carbocycles. The van der Waals surface area contributed by atoms with Gasteiger partial charge in [-0.3, -0.25) is 4.79 Å². The van der Waals surface area contributed by atoms with E-state index in [1.165, 1.54) is 6.92 Å². The monoisotopic (exact) mass is 171 g/mol. The third kappa shape index (κ3) is 2.30. The van der Waals surface area contributed by atoms with Crippen LogP contribution in [0.25, 0.3) is 0 Å². The van der Waals surface area contributed by atoms with Gasteiger partial charge in [-0.2, -0.15) is 0 Å². The van der Waals surface area contributed by atoms with E-state index in [0.717, 1.165) is 6.29 Å². The summed E-state index contributed by atoms with van der Waals surface area (Å²) >= 11 is 0. The number of ether oxygens (including phenoxy) is 1. The van der Waals surface area contributed by atoms with E-state index in [-0.39, 0.29) is 12.0 Å². The second-order valence-electron chi connectivity index (χ2n) is 2.86. The molecule has 0 N–H and O–H groups in total. The van der Waals surface area contributed by atoms with E-state index in [1.807, 2.05) is 0 Å². The maximum Gasteiger partial charge on any atom is 0.219 e. The SMILES string of the molecule is CC(=O)N1CCOC(CC=O)C1. The van der Waals surface area contributed by atoms with Crippen LogP contribution in [0.1, 0.15) is 13.3 Å². The highest BCUT2D eigenvalue weighted by atomic mass is 16.5. The fourth-order valence-corrected chi connectivity index (χ4v) is 1.26. The van der Waals surface area contributed by atoms with Crippen molar-refractivity contribution in [1.29, 1.82) is 0 Å². The summed E-state index contributed by atoms with van der Waals surface area (Å²) in [5.74, 6) is 0.0502. The second-order valence-corrected chi connectivity index (χ2v) is 2.86. The lowest BCUT2D eigenvalue weighted by Gasteiger charge is -2.31. The first-order valence-corrected chi connectivity index (χ1v) is 4.05. The van der Waals surface area contributed by atoms with Gasteiger partial charge in [0.05, 0.1) is 12.7 Å². The number of carbonyl (C=O) groups excluding carboxylic acids is 2. The zero-order valence-electron chi connectivity index (χ0n) is 7.16. The van der Waals surface area contributed by atoms with Crippen LogP contribution < -0.4 is 0 Å². The average molecular weight is 171 g/mol. The van der Waals surface area contributed by atoms with Crippen molar-refractivity contribution in [2.45, 2.75) is 19.4 Å². The molecule has 1 aliphatic heterocycles. The average Bonchev–Trinajstić information content (AvgIpc) is 2.05. The van der Waals surface area contributed by atoms with Crippen molar-refractivity contribution in [1.82, 2.24) is 4.90 Å². The molecule has 0 radical (unpaired) electrons. The smallest absolute Gasteiger partial charge is 0.219 e. The van der Waals surface area contributed by atoms with E-state index in [9.17, 15) is 9.59 Å². The van der Waals surface area contributed by atoms with Crippen LogP contribution in [-0.4, -0.2) is 42.9 Å². The van der Waals surface area contributed by atoms with Crippen LogP contribution in [0.4, 0.5) is 0 Å². The van der Waals surface area contributed by atoms with Crippen molar-refractivity contribution in [3.63, 3.8) is 0 Å². The number of amides is 1. The Balaban J connectivity index is 2.39. The molecule has 1 atom stereocenters. The highest BCUT2D eigenvalue weighted by Gasteiger charge is 2.21. The van der Waals surface area contributed by atoms with Gasteiger partial charge in [-0.1, -0.05) is 0 Å². The third-order valence-corrected chi connectivity index (χ3v) is 1.94. The molecule has 0 saturated carbocycles. The third-order valence-electron chi connectivity index (χ3n) is 1.94. The van der Waals surface area contributed by atoms with Gasteiger partial charge in [-0.15, -0.1) is 0 Å². The lowest BCUT2D eigenvalue weighted by atomic mass is 10.2. The summed E-state index contributed by atoms with van der Waals surface area (Å²) in [5, 5.41) is 0. The van der Waals surface area contributed by atoms with Crippen LogP contribution in [-0.2, 0) is 14.3 Å². The van der Waals surface area contributed by atoms with E-state index in [2.05, 4.69) is 0 Å². The maximum atomic E-state index is 10.9. The zero-order valence-corrected chi connectivity index (χ0v) is 7.16. The van der Waals surface area contributed by atoms with Gasteiger partial charge in [0.15, 0.2) is 0 Å². The van der Waals surface area contributed by atoms with Gasteiger partial charge in [0.1, 0.15) is 6.29 Å². The van der Waals surface area contributed by atoms with Gasteiger partial charge < -0.3 is 14.4 Å². The fraction of sp³-hybridized carbons (Fsp3) is 0.750. The number of nitrogens with zero attached hydrogens (tertiary/aromatic N) is 1. The summed E-state index contributed by atoms with van der Waals surface area (Å²) in [6.07, 6.45) is 1.11. The van der Waals surface area contributed by atoms with Crippen molar-refractivity contribution in [3.05, 3.63) is 0 Å². The number of carbonyl (C=O) groups is 2. The molecule has 0 aromatic rings. The lowest BCUT2D eigenvalue weighted by Crippen LogP contribution is -2.44. The molecular formula is C8H13NO3. The minimum Gasteiger partial charge on any atom is -0.374 e. The molecule has 0 spiro atoms. The van der Waals surface area contributed by atoms with E-state index in [1.54, 1.807) is 4.90 Å². The molecule has 1 heterocycles. The van der Waals surface area contributed by atoms with Crippen LogP contribution in [0.5, 0.6) is 0 Å². The van der Waals surface area contributed by atoms with Crippen molar-refractivity contribution in [3.8, 4) is 0 Å². The van der Waals surface area contributed by atoms with E-state index in [4.69, 9.17) is 4.74 Å². The van der Waals surface area contributed by atoms with Crippen LogP contribution in [0.2, 0.25) is 0 Å². The second kappa shape index (κ2) is 4.21. The fourth-order valence-electron chi connectivity index (χ4n) is 1.26. The summed E-state index contributed by atoms with van der Waals surface area (Å²) in [7, 11) is 0. The number of hydrogen-bond acceptors (Lipinski definition) is 3. The summed E-state index contributed by atoms with van der Waals surface area (Å²) in [5.41, 5.74) is 0. The number of aldehydes is 1. The van der Waals surface area contributed by atoms with Crippen LogP contribution in [0.3, 0.4) is 0 Å². The van der Waals surface area contributed by atoms with Gasteiger partial charge >= 0.3 is 0 Å². The Hall–Kier alpha value is -0.900. The number of hydrogen-bond donors (Lipinski definition) is 0. The van der Waals surface area contributed by atoms with Gasteiger partial charge in [0.25, 0.3) is 0 Å². The molecule has 1 aliphatic rings. The zero-order chi connectivity index (χ0) is 8.97. The predicted molar refractivity (Wildman–Crippen MR) is 42.7 cm³/mol. The quantitative estimate of drug-likeness (QED) is 0.541. The van der Waals surface area contributed by atoms with Gasteiger partial charge in [-0.25, -0.2) is 0 Å². The summed E-state index contributed by atoms with van der Waals surface area (Å²) in [4.78, 5) is 22.8. The van der Waals surface area contributed by atoms with Crippen LogP contribution in [0.15, 0.2) is 0 Å². The highest BCUT2D eigenvalue weighted by molar-refractivity contribution is 5.73. The van der Waals surface area contributed by atoms with Gasteiger partial charge in [0.2, 0.25) is 5.91 Å². The molecular weight excluding hydrogens is 158 g/mol. The minimum absolute atomic E-state index is 0.0502. The molecule has 68 valence electrons. The first-order chi connectivity index (χ1) is 5.74. The van der Waals surface area contributed by atoms with Crippen molar-refractivity contribution in [2.24, 2.45) is 0 Å². The molecule has 1 rings (SSSR count). The van der Waals surface area contributed by atoms with Crippen LogP contribution >= 0.6 is 0 Å². The first-order valence-electron chi connectivity index (χ1n) is 4.05. The summed E-state index contributed by atoms with van der Waals surface area (Å²) < 4.78 is 5.27. The maximum absolute atomic E-state index is 10.9. The standard InChI is InChI=1S/C8H13NO3/c1-7(11)9-3-5-12-8(6-9)2-4-10/h4,8H,2-3,5-6H2,1H3. The Morgan fingerprint density at radius 2 is 2.50 bits per heavy atom. The van der Waals surface area contributed by atoms with Crippen molar-refractivity contribution >= 4 is 12.2 Å². The molecule has 1 saturated heterocycles. The van der Waals surface area contributed by atoms with Crippen LogP contribution in [0, 0.1) is 0 Å². The largest absolute Gasteiger partial charge is 0.374 e. The molecule has 4 nitrogen and oxygen atoms in total. The van der Waals surface area contributed by atoms with Crippen molar-refractivity contribution < 1.29 is 14.3 Å². The topological polar surface area (TPSA) is 46.6 Å². The molecule has 4 heteroatoms. The molecule has 0 aromatic carbocycles.